The number of benzene rings is 2. The number of H-pyrrole nitrogens is 1. The lowest BCUT2D eigenvalue weighted by Crippen LogP contribution is -2.22. The van der Waals surface area contributed by atoms with Crippen molar-refractivity contribution >= 4 is 22.7 Å². The van der Waals surface area contributed by atoms with Gasteiger partial charge in [0, 0.05) is 11.6 Å². The monoisotopic (exact) mass is 334 g/mol. The maximum atomic E-state index is 12.1. The first kappa shape index (κ1) is 16.4. The van der Waals surface area contributed by atoms with Crippen LogP contribution in [0.25, 0.3) is 11.0 Å². The Labute approximate surface area is 144 Å². The van der Waals surface area contributed by atoms with Gasteiger partial charge in [0.05, 0.1) is 28.9 Å². The predicted molar refractivity (Wildman–Crippen MR) is 97.3 cm³/mol. The Hall–Kier alpha value is -3.41. The molecule has 6 nitrogen and oxygen atoms in total. The summed E-state index contributed by atoms with van der Waals surface area (Å²) in [5.41, 5.74) is 5.48. The topological polar surface area (TPSA) is 90.4 Å². The van der Waals surface area contributed by atoms with Crippen LogP contribution >= 0.6 is 0 Å². The number of imidazole rings is 1. The highest BCUT2D eigenvalue weighted by Crippen LogP contribution is 2.10. The zero-order valence-corrected chi connectivity index (χ0v) is 13.7. The minimum Gasteiger partial charge on any atom is -0.513 e. The molecule has 0 aliphatic heterocycles. The second kappa shape index (κ2) is 7.44. The number of aromatic nitrogens is 2. The third kappa shape index (κ3) is 4.32. The van der Waals surface area contributed by atoms with Crippen LogP contribution in [0.3, 0.4) is 0 Å². The van der Waals surface area contributed by atoms with Gasteiger partial charge in [0.15, 0.2) is 0 Å². The molecule has 3 N–H and O–H groups in total. The summed E-state index contributed by atoms with van der Waals surface area (Å²) >= 11 is 0. The molecule has 0 fully saturated rings. The fraction of sp³-hybridized carbons (Fsp3) is 0.105. The molecule has 0 saturated heterocycles. The molecule has 1 aromatic heterocycles. The lowest BCUT2D eigenvalue weighted by atomic mass is 10.1. The van der Waals surface area contributed by atoms with E-state index in [0.29, 0.717) is 11.5 Å². The van der Waals surface area contributed by atoms with Gasteiger partial charge in [-0.25, -0.2) is 10.4 Å². The Kier molecular flexibility index (Phi) is 4.89. The standard InChI is InChI=1S/C19H18N4O2/c1-13(24)11-17(14-7-3-2-4-8-14)22-23-19(25)12-18-20-15-9-5-6-10-16(15)21-18/h2-11,24H,12H2,1H3,(H,20,21)(H,23,25). The number of hydrogen-bond donors (Lipinski definition) is 3. The summed E-state index contributed by atoms with van der Waals surface area (Å²) in [5, 5.41) is 13.6. The molecule has 126 valence electrons. The molecular formula is C19H18N4O2. The SMILES string of the molecule is CC(O)=CC(=NNC(=O)Cc1nc2ccccc2[nH]1)c1ccccc1. The Morgan fingerprint density at radius 1 is 1.20 bits per heavy atom. The summed E-state index contributed by atoms with van der Waals surface area (Å²) in [4.78, 5) is 19.6. The summed E-state index contributed by atoms with van der Waals surface area (Å²) in [6, 6.07) is 16.9. The minimum absolute atomic E-state index is 0.0854. The number of allylic oxidation sites excluding steroid dienone is 2. The minimum atomic E-state index is -0.295. The average Bonchev–Trinajstić information content (AvgIpc) is 3.01. The second-order valence-electron chi connectivity index (χ2n) is 5.56. The fourth-order valence-electron chi connectivity index (χ4n) is 2.39. The van der Waals surface area contributed by atoms with E-state index in [9.17, 15) is 9.90 Å². The van der Waals surface area contributed by atoms with Crippen molar-refractivity contribution in [1.29, 1.82) is 0 Å². The van der Waals surface area contributed by atoms with Crippen LogP contribution in [0.5, 0.6) is 0 Å². The van der Waals surface area contributed by atoms with E-state index < -0.39 is 0 Å². The summed E-state index contributed by atoms with van der Waals surface area (Å²) in [6.45, 7) is 1.55. The lowest BCUT2D eigenvalue weighted by molar-refractivity contribution is -0.120. The van der Waals surface area contributed by atoms with E-state index >= 15 is 0 Å². The van der Waals surface area contributed by atoms with E-state index in [2.05, 4.69) is 20.5 Å². The summed E-state index contributed by atoms with van der Waals surface area (Å²) in [6.07, 6.45) is 1.58. The zero-order chi connectivity index (χ0) is 17.6. The molecule has 1 heterocycles. The van der Waals surface area contributed by atoms with Crippen LogP contribution in [0.15, 0.2) is 71.5 Å². The van der Waals surface area contributed by atoms with Crippen LogP contribution < -0.4 is 5.43 Å². The first-order valence-corrected chi connectivity index (χ1v) is 7.84. The van der Waals surface area contributed by atoms with Gasteiger partial charge in [-0.1, -0.05) is 42.5 Å². The molecule has 0 aliphatic rings. The number of aromatic amines is 1. The number of aliphatic hydroxyl groups is 1. The average molecular weight is 334 g/mol. The van der Waals surface area contributed by atoms with Gasteiger partial charge in [-0.15, -0.1) is 0 Å². The van der Waals surface area contributed by atoms with E-state index in [1.165, 1.54) is 6.08 Å². The molecule has 0 aliphatic carbocycles. The zero-order valence-electron chi connectivity index (χ0n) is 13.7. The van der Waals surface area contributed by atoms with E-state index in [0.717, 1.165) is 16.6 Å². The van der Waals surface area contributed by atoms with Crippen LogP contribution in [0, 0.1) is 0 Å². The Bertz CT molecular complexity index is 905. The lowest BCUT2D eigenvalue weighted by Gasteiger charge is -2.03. The van der Waals surface area contributed by atoms with Crippen LogP contribution in [0.1, 0.15) is 18.3 Å². The van der Waals surface area contributed by atoms with Crippen molar-refractivity contribution in [3.05, 3.63) is 77.8 Å². The molecule has 0 unspecified atom stereocenters. The quantitative estimate of drug-likeness (QED) is 0.380. The highest BCUT2D eigenvalue weighted by molar-refractivity contribution is 6.09. The van der Waals surface area contributed by atoms with Gasteiger partial charge in [0.1, 0.15) is 5.82 Å². The maximum absolute atomic E-state index is 12.1. The molecule has 3 aromatic rings. The van der Waals surface area contributed by atoms with Crippen molar-refractivity contribution in [1.82, 2.24) is 15.4 Å². The van der Waals surface area contributed by atoms with Crippen LogP contribution in [0.4, 0.5) is 0 Å². The number of fused-ring (bicyclic) bond motifs is 1. The van der Waals surface area contributed by atoms with Crippen molar-refractivity contribution in [3.63, 3.8) is 0 Å². The van der Waals surface area contributed by atoms with Crippen LogP contribution in [-0.2, 0) is 11.2 Å². The van der Waals surface area contributed by atoms with Crippen LogP contribution in [0.2, 0.25) is 0 Å². The number of aliphatic hydroxyl groups excluding tert-OH is 1. The molecule has 0 spiro atoms. The molecule has 0 radical (unpaired) electrons. The van der Waals surface area contributed by atoms with Crippen molar-refractivity contribution < 1.29 is 9.90 Å². The maximum Gasteiger partial charge on any atom is 0.247 e. The Morgan fingerprint density at radius 3 is 2.64 bits per heavy atom. The first-order chi connectivity index (χ1) is 12.1. The van der Waals surface area contributed by atoms with E-state index in [1.807, 2.05) is 54.6 Å². The number of hydrazone groups is 1. The first-order valence-electron chi connectivity index (χ1n) is 7.84. The van der Waals surface area contributed by atoms with Gasteiger partial charge >= 0.3 is 0 Å². The molecule has 25 heavy (non-hydrogen) atoms. The largest absolute Gasteiger partial charge is 0.513 e. The van der Waals surface area contributed by atoms with Gasteiger partial charge in [0.2, 0.25) is 5.91 Å². The number of carbonyl (C=O) groups excluding carboxylic acids is 1. The number of hydrogen-bond acceptors (Lipinski definition) is 4. The van der Waals surface area contributed by atoms with Gasteiger partial charge < -0.3 is 10.1 Å². The summed E-state index contributed by atoms with van der Waals surface area (Å²) in [7, 11) is 0. The van der Waals surface area contributed by atoms with E-state index in [-0.39, 0.29) is 18.1 Å². The van der Waals surface area contributed by atoms with Gasteiger partial charge in [0.25, 0.3) is 0 Å². The molecule has 2 aromatic carbocycles. The fourth-order valence-corrected chi connectivity index (χ4v) is 2.39. The molecule has 0 bridgehead atoms. The summed E-state index contributed by atoms with van der Waals surface area (Å²) < 4.78 is 0. The van der Waals surface area contributed by atoms with E-state index in [4.69, 9.17) is 0 Å². The third-order valence-corrected chi connectivity index (χ3v) is 3.48. The van der Waals surface area contributed by atoms with Crippen LogP contribution in [-0.4, -0.2) is 26.7 Å². The number of nitrogens with one attached hydrogen (secondary N) is 2. The Balaban J connectivity index is 1.73. The molecule has 1 amide bonds. The number of amides is 1. The van der Waals surface area contributed by atoms with Crippen molar-refractivity contribution in [2.75, 3.05) is 0 Å². The third-order valence-electron chi connectivity index (χ3n) is 3.48. The molecule has 0 atom stereocenters. The van der Waals surface area contributed by atoms with Gasteiger partial charge in [-0.3, -0.25) is 4.79 Å². The molecule has 3 rings (SSSR count). The van der Waals surface area contributed by atoms with Crippen molar-refractivity contribution in [2.24, 2.45) is 5.10 Å². The predicted octanol–water partition coefficient (Wildman–Crippen LogP) is 3.09. The highest BCUT2D eigenvalue weighted by atomic mass is 16.3. The summed E-state index contributed by atoms with van der Waals surface area (Å²) in [5.74, 6) is 0.384. The number of nitrogens with zero attached hydrogens (tertiary/aromatic N) is 2. The van der Waals surface area contributed by atoms with E-state index in [1.54, 1.807) is 6.92 Å². The number of para-hydroxylation sites is 2. The molecule has 6 heteroatoms. The Morgan fingerprint density at radius 2 is 1.92 bits per heavy atom. The number of rotatable bonds is 5. The second-order valence-corrected chi connectivity index (χ2v) is 5.56. The highest BCUT2D eigenvalue weighted by Gasteiger charge is 2.08. The van der Waals surface area contributed by atoms with Gasteiger partial charge in [-0.2, -0.15) is 5.10 Å². The molecule has 0 saturated carbocycles. The normalized spacial score (nSPS) is 12.4. The smallest absolute Gasteiger partial charge is 0.247 e. The molecular weight excluding hydrogens is 316 g/mol. The van der Waals surface area contributed by atoms with Crippen molar-refractivity contribution in [2.45, 2.75) is 13.3 Å². The van der Waals surface area contributed by atoms with Gasteiger partial charge in [-0.05, 0) is 19.1 Å². The number of carbonyl (C=O) groups is 1. The van der Waals surface area contributed by atoms with Crippen molar-refractivity contribution in [3.8, 4) is 0 Å².